The van der Waals surface area contributed by atoms with Crippen LogP contribution in [0.4, 0.5) is 5.82 Å². The van der Waals surface area contributed by atoms with E-state index >= 15 is 0 Å². The highest BCUT2D eigenvalue weighted by molar-refractivity contribution is 5.97. The fourth-order valence-electron chi connectivity index (χ4n) is 3.50. The van der Waals surface area contributed by atoms with Crippen LogP contribution >= 0.6 is 0 Å². The Bertz CT molecular complexity index is 1020. The molecule has 1 aliphatic rings. The van der Waals surface area contributed by atoms with Crippen molar-refractivity contribution in [3.05, 3.63) is 60.1 Å². The number of ether oxygens (including phenoxy) is 1. The summed E-state index contributed by atoms with van der Waals surface area (Å²) in [7, 11) is 0. The highest BCUT2D eigenvalue weighted by Gasteiger charge is 2.41. The molecular weight excluding hydrogens is 374 g/mol. The largest absolute Gasteiger partial charge is 0.379 e. The number of nitrogens with zero attached hydrogens (tertiary/aromatic N) is 2. The SMILES string of the molecule is C=C(/C=C(C)\C(=C/C)c1cc2cnc(NC(=O)C3(C)COC3)cc2cn1)CCCC. The van der Waals surface area contributed by atoms with Gasteiger partial charge >= 0.3 is 0 Å². The Labute approximate surface area is 179 Å². The second kappa shape index (κ2) is 9.35. The lowest BCUT2D eigenvalue weighted by molar-refractivity contribution is -0.151. The summed E-state index contributed by atoms with van der Waals surface area (Å²) in [6.45, 7) is 13.3. The van der Waals surface area contributed by atoms with Crippen LogP contribution in [0.2, 0.25) is 0 Å². The summed E-state index contributed by atoms with van der Waals surface area (Å²) < 4.78 is 5.17. The number of carbonyl (C=O) groups is 1. The highest BCUT2D eigenvalue weighted by atomic mass is 16.5. The van der Waals surface area contributed by atoms with Crippen molar-refractivity contribution in [1.29, 1.82) is 0 Å². The normalized spacial score (nSPS) is 16.3. The van der Waals surface area contributed by atoms with Gasteiger partial charge in [-0.3, -0.25) is 9.78 Å². The molecule has 0 unspecified atom stereocenters. The second-order valence-corrected chi connectivity index (χ2v) is 8.29. The molecule has 0 bridgehead atoms. The average molecular weight is 406 g/mol. The van der Waals surface area contributed by atoms with Crippen LogP contribution in [0.1, 0.15) is 52.7 Å². The molecule has 0 aromatic carbocycles. The highest BCUT2D eigenvalue weighted by Crippen LogP contribution is 2.29. The Kier molecular flexibility index (Phi) is 6.83. The minimum Gasteiger partial charge on any atom is -0.379 e. The van der Waals surface area contributed by atoms with Gasteiger partial charge in [-0.2, -0.15) is 0 Å². The Morgan fingerprint density at radius 2 is 1.97 bits per heavy atom. The molecule has 5 nitrogen and oxygen atoms in total. The fraction of sp³-hybridized carbons (Fsp3) is 0.400. The van der Waals surface area contributed by atoms with Crippen LogP contribution in [0, 0.1) is 5.41 Å². The lowest BCUT2D eigenvalue weighted by atomic mass is 9.87. The summed E-state index contributed by atoms with van der Waals surface area (Å²) in [5.41, 5.74) is 3.81. The van der Waals surface area contributed by atoms with Gasteiger partial charge in [0.15, 0.2) is 0 Å². The van der Waals surface area contributed by atoms with Crippen molar-refractivity contribution in [2.24, 2.45) is 5.41 Å². The van der Waals surface area contributed by atoms with Gasteiger partial charge in [0.1, 0.15) is 5.82 Å². The van der Waals surface area contributed by atoms with Crippen molar-refractivity contribution in [3.8, 4) is 0 Å². The molecule has 1 amide bonds. The van der Waals surface area contributed by atoms with E-state index in [-0.39, 0.29) is 5.91 Å². The number of rotatable bonds is 8. The summed E-state index contributed by atoms with van der Waals surface area (Å²) >= 11 is 0. The summed E-state index contributed by atoms with van der Waals surface area (Å²) in [5.74, 6) is 0.468. The van der Waals surface area contributed by atoms with Gasteiger partial charge in [0.25, 0.3) is 0 Å². The standard InChI is InChI=1S/C25H31N3O2/c1-6-8-9-17(3)10-18(4)21(7-2)22-11-19-14-27-23(12-20(19)13-26-22)28-24(29)25(5)15-30-16-25/h7,10-14H,3,6,8-9,15-16H2,1-2,4-5H3,(H,27,28,29)/b18-10-,21-7+. The van der Waals surface area contributed by atoms with Gasteiger partial charge in [-0.05, 0) is 56.9 Å². The third-order valence-corrected chi connectivity index (χ3v) is 5.50. The average Bonchev–Trinajstić information content (AvgIpc) is 2.70. The van der Waals surface area contributed by atoms with E-state index in [1.807, 2.05) is 32.2 Å². The Morgan fingerprint density at radius 3 is 2.60 bits per heavy atom. The third kappa shape index (κ3) is 4.85. The van der Waals surface area contributed by atoms with E-state index in [1.165, 1.54) is 0 Å². The molecule has 1 N–H and O–H groups in total. The fourth-order valence-corrected chi connectivity index (χ4v) is 3.50. The number of amides is 1. The first-order chi connectivity index (χ1) is 14.4. The predicted molar refractivity (Wildman–Crippen MR) is 123 cm³/mol. The maximum Gasteiger partial charge on any atom is 0.236 e. The van der Waals surface area contributed by atoms with Crippen LogP contribution in [0.25, 0.3) is 16.3 Å². The molecule has 3 rings (SSSR count). The maximum atomic E-state index is 12.4. The lowest BCUT2D eigenvalue weighted by Gasteiger charge is -2.36. The molecule has 1 saturated heterocycles. The number of allylic oxidation sites excluding steroid dienone is 5. The van der Waals surface area contributed by atoms with E-state index in [2.05, 4.69) is 47.9 Å². The number of carbonyl (C=O) groups excluding carboxylic acids is 1. The molecule has 0 spiro atoms. The molecule has 0 atom stereocenters. The third-order valence-electron chi connectivity index (χ3n) is 5.50. The lowest BCUT2D eigenvalue weighted by Crippen LogP contribution is -2.49. The summed E-state index contributed by atoms with van der Waals surface area (Å²) in [6.07, 6.45) is 11.2. The van der Waals surface area contributed by atoms with E-state index in [4.69, 9.17) is 4.74 Å². The van der Waals surface area contributed by atoms with Gasteiger partial charge in [-0.25, -0.2) is 4.98 Å². The Morgan fingerprint density at radius 1 is 1.27 bits per heavy atom. The molecule has 1 fully saturated rings. The predicted octanol–water partition coefficient (Wildman–Crippen LogP) is 5.70. The minimum atomic E-state index is -0.468. The molecule has 0 radical (unpaired) electrons. The van der Waals surface area contributed by atoms with Crippen LogP contribution in [0.15, 0.2) is 54.4 Å². The number of anilines is 1. The van der Waals surface area contributed by atoms with Crippen LogP contribution in [0.5, 0.6) is 0 Å². The molecular formula is C25H31N3O2. The van der Waals surface area contributed by atoms with Gasteiger partial charge in [0.2, 0.25) is 5.91 Å². The molecule has 2 aromatic heterocycles. The molecule has 30 heavy (non-hydrogen) atoms. The van der Waals surface area contributed by atoms with E-state index in [0.717, 1.165) is 52.4 Å². The quantitative estimate of drug-likeness (QED) is 0.572. The monoisotopic (exact) mass is 405 g/mol. The van der Waals surface area contributed by atoms with Crippen molar-refractivity contribution in [2.75, 3.05) is 18.5 Å². The topological polar surface area (TPSA) is 64.1 Å². The van der Waals surface area contributed by atoms with Crippen molar-refractivity contribution >= 4 is 28.1 Å². The number of pyridine rings is 2. The number of hydrogen-bond acceptors (Lipinski definition) is 4. The van der Waals surface area contributed by atoms with Crippen LogP contribution < -0.4 is 5.32 Å². The number of fused-ring (bicyclic) bond motifs is 1. The molecule has 3 heterocycles. The number of nitrogens with one attached hydrogen (secondary N) is 1. The molecule has 2 aromatic rings. The summed E-state index contributed by atoms with van der Waals surface area (Å²) in [5, 5.41) is 4.81. The van der Waals surface area contributed by atoms with Crippen LogP contribution in [-0.2, 0) is 9.53 Å². The van der Waals surface area contributed by atoms with Crippen molar-refractivity contribution in [3.63, 3.8) is 0 Å². The van der Waals surface area contributed by atoms with Crippen molar-refractivity contribution < 1.29 is 9.53 Å². The van der Waals surface area contributed by atoms with Crippen molar-refractivity contribution in [2.45, 2.75) is 47.0 Å². The molecule has 0 aliphatic carbocycles. The zero-order valence-electron chi connectivity index (χ0n) is 18.4. The van der Waals surface area contributed by atoms with E-state index in [0.29, 0.717) is 19.0 Å². The summed E-state index contributed by atoms with van der Waals surface area (Å²) in [6, 6.07) is 3.90. The van der Waals surface area contributed by atoms with E-state index < -0.39 is 5.41 Å². The van der Waals surface area contributed by atoms with Gasteiger partial charge < -0.3 is 10.1 Å². The van der Waals surface area contributed by atoms with Crippen molar-refractivity contribution in [1.82, 2.24) is 9.97 Å². The van der Waals surface area contributed by atoms with Crippen LogP contribution in [0.3, 0.4) is 0 Å². The van der Waals surface area contributed by atoms with Gasteiger partial charge in [-0.15, -0.1) is 0 Å². The smallest absolute Gasteiger partial charge is 0.236 e. The van der Waals surface area contributed by atoms with E-state index in [1.54, 1.807) is 6.20 Å². The first-order valence-electron chi connectivity index (χ1n) is 10.5. The zero-order valence-corrected chi connectivity index (χ0v) is 18.4. The first kappa shape index (κ1) is 21.9. The minimum absolute atomic E-state index is 0.0644. The molecule has 158 valence electrons. The molecule has 0 saturated carbocycles. The van der Waals surface area contributed by atoms with Gasteiger partial charge in [-0.1, -0.05) is 37.6 Å². The Balaban J connectivity index is 1.80. The maximum absolute atomic E-state index is 12.4. The molecule has 1 aliphatic heterocycles. The first-order valence-corrected chi connectivity index (χ1v) is 10.5. The van der Waals surface area contributed by atoms with Crippen LogP contribution in [-0.4, -0.2) is 29.1 Å². The summed E-state index contributed by atoms with van der Waals surface area (Å²) in [4.78, 5) is 21.5. The second-order valence-electron chi connectivity index (χ2n) is 8.29. The number of hydrogen-bond donors (Lipinski definition) is 1. The Hall–Kier alpha value is -2.79. The molecule has 5 heteroatoms. The number of unbranched alkanes of at least 4 members (excludes halogenated alkanes) is 1. The van der Waals surface area contributed by atoms with Gasteiger partial charge in [0, 0.05) is 23.2 Å². The van der Waals surface area contributed by atoms with E-state index in [9.17, 15) is 4.79 Å². The van der Waals surface area contributed by atoms with Gasteiger partial charge in [0.05, 0.1) is 24.3 Å². The zero-order chi connectivity index (χ0) is 21.7. The number of aromatic nitrogens is 2.